The minimum Gasteiger partial charge on any atom is -0.491 e. The lowest BCUT2D eigenvalue weighted by molar-refractivity contribution is 0.127. The maximum Gasteiger partial charge on any atom is 0.125 e. The van der Waals surface area contributed by atoms with Crippen molar-refractivity contribution >= 4 is 0 Å². The lowest BCUT2D eigenvalue weighted by atomic mass is 10.1. The van der Waals surface area contributed by atoms with Crippen LogP contribution in [0.4, 0.5) is 0 Å². The van der Waals surface area contributed by atoms with E-state index >= 15 is 0 Å². The van der Waals surface area contributed by atoms with Crippen molar-refractivity contribution in [2.24, 2.45) is 0 Å². The van der Waals surface area contributed by atoms with Gasteiger partial charge in [-0.1, -0.05) is 0 Å². The van der Waals surface area contributed by atoms with Crippen LogP contribution in [0.2, 0.25) is 0 Å². The number of hydrogen-bond donors (Lipinski definition) is 4. The van der Waals surface area contributed by atoms with E-state index in [9.17, 15) is 5.11 Å². The van der Waals surface area contributed by atoms with E-state index in [2.05, 4.69) is 0 Å². The van der Waals surface area contributed by atoms with Crippen molar-refractivity contribution in [1.82, 2.24) is 0 Å². The highest BCUT2D eigenvalue weighted by atomic mass is 16.5. The van der Waals surface area contributed by atoms with Crippen LogP contribution in [-0.4, -0.2) is 53.5 Å². The van der Waals surface area contributed by atoms with Crippen LogP contribution >= 0.6 is 0 Å². The van der Waals surface area contributed by atoms with Gasteiger partial charge in [0.15, 0.2) is 0 Å². The third-order valence-electron chi connectivity index (χ3n) is 2.45. The van der Waals surface area contributed by atoms with E-state index < -0.39 is 6.10 Å². The zero-order valence-electron chi connectivity index (χ0n) is 10.7. The molecule has 0 fully saturated rings. The van der Waals surface area contributed by atoms with Crippen LogP contribution in [0, 0.1) is 0 Å². The van der Waals surface area contributed by atoms with Crippen LogP contribution in [0.25, 0.3) is 0 Å². The minimum atomic E-state index is -0.878. The summed E-state index contributed by atoms with van der Waals surface area (Å²) in [7, 11) is 0. The first-order chi connectivity index (χ1) is 9.22. The number of aliphatic hydroxyl groups is 4. The van der Waals surface area contributed by atoms with Crippen LogP contribution in [0.1, 0.15) is 18.1 Å². The highest BCUT2D eigenvalue weighted by Crippen LogP contribution is 2.31. The van der Waals surface area contributed by atoms with E-state index in [4.69, 9.17) is 24.8 Å². The Labute approximate surface area is 111 Å². The van der Waals surface area contributed by atoms with Gasteiger partial charge in [-0.2, -0.15) is 0 Å². The average molecular weight is 272 g/mol. The zero-order chi connectivity index (χ0) is 14.1. The fourth-order valence-electron chi connectivity index (χ4n) is 1.61. The van der Waals surface area contributed by atoms with Crippen LogP contribution in [0.15, 0.2) is 18.2 Å². The normalized spacial score (nSPS) is 12.2. The molecule has 1 atom stereocenters. The molecule has 1 aromatic rings. The van der Waals surface area contributed by atoms with E-state index in [1.807, 2.05) is 0 Å². The lowest BCUT2D eigenvalue weighted by Gasteiger charge is -2.16. The molecule has 0 radical (unpaired) electrons. The first-order valence-corrected chi connectivity index (χ1v) is 6.13. The standard InChI is InChI=1S/C13H20O6/c14-4-3-12(17)11-9-10(18-7-5-15)1-2-13(11)19-8-6-16/h1-2,9,12,14-17H,3-8H2. The number of ether oxygens (including phenoxy) is 2. The van der Waals surface area contributed by atoms with Crippen molar-refractivity contribution in [3.63, 3.8) is 0 Å². The summed E-state index contributed by atoms with van der Waals surface area (Å²) in [4.78, 5) is 0. The Hall–Kier alpha value is -1.34. The second kappa shape index (κ2) is 8.71. The average Bonchev–Trinajstić information content (AvgIpc) is 2.43. The highest BCUT2D eigenvalue weighted by molar-refractivity contribution is 5.41. The summed E-state index contributed by atoms with van der Waals surface area (Å²) in [6, 6.07) is 4.87. The van der Waals surface area contributed by atoms with Crippen LogP contribution in [-0.2, 0) is 0 Å². The monoisotopic (exact) mass is 272 g/mol. The Bertz CT molecular complexity index is 368. The lowest BCUT2D eigenvalue weighted by Crippen LogP contribution is -2.08. The summed E-state index contributed by atoms with van der Waals surface area (Å²) in [5, 5.41) is 36.3. The quantitative estimate of drug-likeness (QED) is 0.499. The van der Waals surface area contributed by atoms with Crippen molar-refractivity contribution < 1.29 is 29.9 Å². The maximum absolute atomic E-state index is 9.94. The van der Waals surface area contributed by atoms with Crippen LogP contribution in [0.3, 0.4) is 0 Å². The highest BCUT2D eigenvalue weighted by Gasteiger charge is 2.14. The van der Waals surface area contributed by atoms with Gasteiger partial charge >= 0.3 is 0 Å². The molecule has 0 heterocycles. The molecule has 0 amide bonds. The Balaban J connectivity index is 2.89. The van der Waals surface area contributed by atoms with Gasteiger partial charge in [0.2, 0.25) is 0 Å². The molecule has 1 aromatic carbocycles. The van der Waals surface area contributed by atoms with E-state index in [1.165, 1.54) is 0 Å². The maximum atomic E-state index is 9.94. The molecule has 0 bridgehead atoms. The van der Waals surface area contributed by atoms with E-state index in [-0.39, 0.29) is 39.5 Å². The van der Waals surface area contributed by atoms with Gasteiger partial charge < -0.3 is 29.9 Å². The second-order valence-corrected chi connectivity index (χ2v) is 3.87. The molecule has 0 aliphatic carbocycles. The first kappa shape index (κ1) is 15.7. The van der Waals surface area contributed by atoms with E-state index in [0.717, 1.165) is 0 Å². The molecule has 0 aliphatic rings. The zero-order valence-corrected chi connectivity index (χ0v) is 10.7. The molecular formula is C13H20O6. The summed E-state index contributed by atoms with van der Waals surface area (Å²) in [5.41, 5.74) is 0.484. The molecule has 0 spiro atoms. The van der Waals surface area contributed by atoms with Crippen molar-refractivity contribution in [3.8, 4) is 11.5 Å². The third-order valence-corrected chi connectivity index (χ3v) is 2.45. The topological polar surface area (TPSA) is 99.4 Å². The summed E-state index contributed by atoms with van der Waals surface area (Å²) in [5.74, 6) is 0.934. The Kier molecular flexibility index (Phi) is 7.20. The molecule has 19 heavy (non-hydrogen) atoms. The molecule has 6 heteroatoms. The Morgan fingerprint density at radius 3 is 2.26 bits per heavy atom. The summed E-state index contributed by atoms with van der Waals surface area (Å²) >= 11 is 0. The molecule has 108 valence electrons. The van der Waals surface area contributed by atoms with Gasteiger partial charge in [0.05, 0.1) is 19.3 Å². The Morgan fingerprint density at radius 1 is 0.947 bits per heavy atom. The van der Waals surface area contributed by atoms with Crippen molar-refractivity contribution in [1.29, 1.82) is 0 Å². The predicted octanol–water partition coefficient (Wildman–Crippen LogP) is -0.155. The smallest absolute Gasteiger partial charge is 0.125 e. The summed E-state index contributed by atoms with van der Waals surface area (Å²) < 4.78 is 10.6. The van der Waals surface area contributed by atoms with Gasteiger partial charge in [-0.25, -0.2) is 0 Å². The first-order valence-electron chi connectivity index (χ1n) is 6.13. The van der Waals surface area contributed by atoms with Gasteiger partial charge in [0, 0.05) is 18.6 Å². The van der Waals surface area contributed by atoms with Gasteiger partial charge in [0.25, 0.3) is 0 Å². The molecule has 1 rings (SSSR count). The molecule has 0 aromatic heterocycles. The molecule has 4 N–H and O–H groups in total. The van der Waals surface area contributed by atoms with Gasteiger partial charge in [-0.15, -0.1) is 0 Å². The fourth-order valence-corrected chi connectivity index (χ4v) is 1.61. The van der Waals surface area contributed by atoms with Gasteiger partial charge in [0.1, 0.15) is 24.7 Å². The van der Waals surface area contributed by atoms with Crippen LogP contribution < -0.4 is 9.47 Å². The van der Waals surface area contributed by atoms with Gasteiger partial charge in [-0.05, 0) is 18.2 Å². The van der Waals surface area contributed by atoms with E-state index in [1.54, 1.807) is 18.2 Å². The number of rotatable bonds is 9. The molecule has 0 aliphatic heterocycles. The van der Waals surface area contributed by atoms with Crippen molar-refractivity contribution in [2.75, 3.05) is 33.0 Å². The minimum absolute atomic E-state index is 0.0999. The largest absolute Gasteiger partial charge is 0.491 e. The molecule has 0 saturated carbocycles. The fraction of sp³-hybridized carbons (Fsp3) is 0.538. The van der Waals surface area contributed by atoms with Gasteiger partial charge in [-0.3, -0.25) is 0 Å². The SMILES string of the molecule is OCCOc1ccc(OCCO)c(C(O)CCO)c1. The second-order valence-electron chi connectivity index (χ2n) is 3.87. The molecule has 0 saturated heterocycles. The number of benzene rings is 1. The summed E-state index contributed by atoms with van der Waals surface area (Å²) in [6.07, 6.45) is -0.699. The third kappa shape index (κ3) is 5.04. The van der Waals surface area contributed by atoms with E-state index in [0.29, 0.717) is 17.1 Å². The molecular weight excluding hydrogens is 252 g/mol. The summed E-state index contributed by atoms with van der Waals surface area (Å²) in [6.45, 7) is -0.0972. The number of hydrogen-bond acceptors (Lipinski definition) is 6. The molecule has 6 nitrogen and oxygen atoms in total. The number of aliphatic hydroxyl groups excluding tert-OH is 4. The predicted molar refractivity (Wildman–Crippen MR) is 68.3 cm³/mol. The van der Waals surface area contributed by atoms with Crippen molar-refractivity contribution in [2.45, 2.75) is 12.5 Å². The Morgan fingerprint density at radius 2 is 1.63 bits per heavy atom. The van der Waals surface area contributed by atoms with Crippen LogP contribution in [0.5, 0.6) is 11.5 Å². The molecule has 1 unspecified atom stereocenters. The van der Waals surface area contributed by atoms with Crippen molar-refractivity contribution in [3.05, 3.63) is 23.8 Å².